The lowest BCUT2D eigenvalue weighted by Gasteiger charge is -2.15. The zero-order valence-electron chi connectivity index (χ0n) is 10.8. The van der Waals surface area contributed by atoms with Crippen LogP contribution in [0.15, 0.2) is 12.1 Å². The highest BCUT2D eigenvalue weighted by Crippen LogP contribution is 2.33. The van der Waals surface area contributed by atoms with Gasteiger partial charge in [-0.15, -0.1) is 0 Å². The number of methoxy groups -OCH3 is 2. The Morgan fingerprint density at radius 2 is 1.72 bits per heavy atom. The van der Waals surface area contributed by atoms with Crippen LogP contribution in [0, 0.1) is 0 Å². The van der Waals surface area contributed by atoms with Crippen LogP contribution in [0.1, 0.15) is 18.9 Å². The lowest BCUT2D eigenvalue weighted by Crippen LogP contribution is -2.22. The molecule has 18 heavy (non-hydrogen) atoms. The predicted molar refractivity (Wildman–Crippen MR) is 70.6 cm³/mol. The molecule has 0 aliphatic carbocycles. The highest BCUT2D eigenvalue weighted by atomic mass is 35.5. The van der Waals surface area contributed by atoms with Gasteiger partial charge in [0.25, 0.3) is 0 Å². The average molecular weight is 275 g/mol. The van der Waals surface area contributed by atoms with Crippen molar-refractivity contribution < 1.29 is 19.7 Å². The van der Waals surface area contributed by atoms with Gasteiger partial charge in [0.2, 0.25) is 0 Å². The smallest absolute Gasteiger partial charge is 0.162 e. The van der Waals surface area contributed by atoms with Gasteiger partial charge >= 0.3 is 0 Å². The second-order valence-electron chi connectivity index (χ2n) is 4.15. The zero-order chi connectivity index (χ0) is 13.7. The molecule has 2 N–H and O–H groups in total. The Morgan fingerprint density at radius 3 is 2.22 bits per heavy atom. The molecule has 102 valence electrons. The molecule has 0 bridgehead atoms. The van der Waals surface area contributed by atoms with Crippen molar-refractivity contribution in [1.82, 2.24) is 0 Å². The largest absolute Gasteiger partial charge is 0.493 e. The van der Waals surface area contributed by atoms with Gasteiger partial charge in [-0.1, -0.05) is 11.6 Å². The summed E-state index contributed by atoms with van der Waals surface area (Å²) >= 11 is 6.12. The number of hydrogen-bond acceptors (Lipinski definition) is 4. The van der Waals surface area contributed by atoms with Crippen LogP contribution in [0.3, 0.4) is 0 Å². The van der Waals surface area contributed by atoms with Gasteiger partial charge in [0.15, 0.2) is 11.5 Å². The molecule has 2 unspecified atom stereocenters. The number of aryl methyl sites for hydroxylation is 1. The minimum Gasteiger partial charge on any atom is -0.493 e. The third-order valence-electron chi connectivity index (χ3n) is 2.82. The first kappa shape index (κ1) is 15.1. The Bertz CT molecular complexity index is 393. The molecule has 1 aromatic carbocycles. The molecule has 0 saturated carbocycles. The van der Waals surface area contributed by atoms with E-state index in [2.05, 4.69) is 0 Å². The molecule has 0 radical (unpaired) electrons. The molecule has 2 atom stereocenters. The molecule has 0 aliphatic rings. The Morgan fingerprint density at radius 1 is 1.17 bits per heavy atom. The fourth-order valence-electron chi connectivity index (χ4n) is 1.63. The SMILES string of the molecule is COc1cc(Cl)c(CCC(O)C(C)O)cc1OC. The molecule has 4 nitrogen and oxygen atoms in total. The van der Waals surface area contributed by atoms with Gasteiger partial charge in [-0.2, -0.15) is 0 Å². The maximum absolute atomic E-state index is 9.56. The highest BCUT2D eigenvalue weighted by molar-refractivity contribution is 6.31. The fraction of sp³-hybridized carbons (Fsp3) is 0.538. The summed E-state index contributed by atoms with van der Waals surface area (Å²) in [6.45, 7) is 1.56. The van der Waals surface area contributed by atoms with Gasteiger partial charge in [0, 0.05) is 11.1 Å². The van der Waals surface area contributed by atoms with Gasteiger partial charge < -0.3 is 19.7 Å². The van der Waals surface area contributed by atoms with Crippen LogP contribution in [0.5, 0.6) is 11.5 Å². The van der Waals surface area contributed by atoms with Gasteiger partial charge in [-0.25, -0.2) is 0 Å². The predicted octanol–water partition coefficient (Wildman–Crippen LogP) is 2.03. The second kappa shape index (κ2) is 6.83. The molecule has 0 amide bonds. The zero-order valence-corrected chi connectivity index (χ0v) is 11.6. The summed E-state index contributed by atoms with van der Waals surface area (Å²) in [5, 5.41) is 19.3. The van der Waals surface area contributed by atoms with E-state index < -0.39 is 12.2 Å². The van der Waals surface area contributed by atoms with Crippen molar-refractivity contribution in [2.45, 2.75) is 32.0 Å². The van der Waals surface area contributed by atoms with E-state index in [1.807, 2.05) is 0 Å². The van der Waals surface area contributed by atoms with Gasteiger partial charge in [-0.05, 0) is 31.4 Å². The lowest BCUT2D eigenvalue weighted by molar-refractivity contribution is 0.0265. The van der Waals surface area contributed by atoms with Crippen LogP contribution in [-0.4, -0.2) is 36.6 Å². The van der Waals surface area contributed by atoms with E-state index in [1.165, 1.54) is 0 Å². The standard InChI is InChI=1S/C13H19ClO4/c1-8(15)11(16)5-4-9-6-12(17-2)13(18-3)7-10(9)14/h6-8,11,15-16H,4-5H2,1-3H3. The van der Waals surface area contributed by atoms with Crippen LogP contribution in [0.25, 0.3) is 0 Å². The van der Waals surface area contributed by atoms with E-state index in [1.54, 1.807) is 33.3 Å². The molecular formula is C13H19ClO4. The van der Waals surface area contributed by atoms with Gasteiger partial charge in [0.05, 0.1) is 26.4 Å². The maximum atomic E-state index is 9.56. The second-order valence-corrected chi connectivity index (χ2v) is 4.55. The Labute approximate surface area is 112 Å². The molecule has 0 aromatic heterocycles. The normalized spacial score (nSPS) is 14.1. The third kappa shape index (κ3) is 3.77. The van der Waals surface area contributed by atoms with E-state index >= 15 is 0 Å². The van der Waals surface area contributed by atoms with E-state index in [0.717, 1.165) is 5.56 Å². The van der Waals surface area contributed by atoms with Crippen molar-refractivity contribution >= 4 is 11.6 Å². The number of ether oxygens (including phenoxy) is 2. The summed E-state index contributed by atoms with van der Waals surface area (Å²) in [6.07, 6.45) is -0.504. The molecule has 0 fully saturated rings. The summed E-state index contributed by atoms with van der Waals surface area (Å²) in [5.74, 6) is 1.17. The van der Waals surface area contributed by atoms with Crippen LogP contribution >= 0.6 is 11.6 Å². The topological polar surface area (TPSA) is 58.9 Å². The minimum absolute atomic E-state index is 0.437. The Balaban J connectivity index is 2.83. The average Bonchev–Trinajstić information content (AvgIpc) is 2.36. The highest BCUT2D eigenvalue weighted by Gasteiger charge is 2.14. The van der Waals surface area contributed by atoms with E-state index in [0.29, 0.717) is 29.4 Å². The number of aliphatic hydroxyl groups excluding tert-OH is 2. The van der Waals surface area contributed by atoms with E-state index in [-0.39, 0.29) is 0 Å². The lowest BCUT2D eigenvalue weighted by atomic mass is 10.0. The van der Waals surface area contributed by atoms with Crippen LogP contribution in [0.2, 0.25) is 5.02 Å². The van der Waals surface area contributed by atoms with Crippen molar-refractivity contribution in [3.8, 4) is 11.5 Å². The summed E-state index contributed by atoms with van der Waals surface area (Å²) in [7, 11) is 3.10. The quantitative estimate of drug-likeness (QED) is 0.833. The van der Waals surface area contributed by atoms with Crippen molar-refractivity contribution in [3.63, 3.8) is 0 Å². The Kier molecular flexibility index (Phi) is 5.72. The number of benzene rings is 1. The van der Waals surface area contributed by atoms with Crippen molar-refractivity contribution in [1.29, 1.82) is 0 Å². The van der Waals surface area contributed by atoms with Crippen LogP contribution in [0.4, 0.5) is 0 Å². The summed E-state index contributed by atoms with van der Waals surface area (Å²) in [6, 6.07) is 3.47. The molecule has 0 heterocycles. The number of aliphatic hydroxyl groups is 2. The maximum Gasteiger partial charge on any atom is 0.162 e. The van der Waals surface area contributed by atoms with Gasteiger partial charge in [-0.3, -0.25) is 0 Å². The Hall–Kier alpha value is -0.970. The summed E-state index contributed by atoms with van der Waals surface area (Å²) in [5.41, 5.74) is 0.856. The van der Waals surface area contributed by atoms with E-state index in [4.69, 9.17) is 21.1 Å². The number of rotatable bonds is 6. The number of hydrogen-bond donors (Lipinski definition) is 2. The first-order valence-corrected chi connectivity index (χ1v) is 6.14. The van der Waals surface area contributed by atoms with Crippen molar-refractivity contribution in [2.24, 2.45) is 0 Å². The van der Waals surface area contributed by atoms with Gasteiger partial charge in [0.1, 0.15) is 0 Å². The molecule has 0 aliphatic heterocycles. The van der Waals surface area contributed by atoms with Crippen molar-refractivity contribution in [3.05, 3.63) is 22.7 Å². The first-order valence-electron chi connectivity index (χ1n) is 5.76. The monoisotopic (exact) mass is 274 g/mol. The van der Waals surface area contributed by atoms with Crippen molar-refractivity contribution in [2.75, 3.05) is 14.2 Å². The summed E-state index contributed by atoms with van der Waals surface area (Å²) in [4.78, 5) is 0. The molecule has 5 heteroatoms. The number of halogens is 1. The fourth-order valence-corrected chi connectivity index (χ4v) is 1.88. The first-order chi connectivity index (χ1) is 8.49. The molecule has 1 aromatic rings. The third-order valence-corrected chi connectivity index (χ3v) is 3.17. The van der Waals surface area contributed by atoms with E-state index in [9.17, 15) is 10.2 Å². The van der Waals surface area contributed by atoms with Crippen LogP contribution < -0.4 is 9.47 Å². The molecule has 0 saturated heterocycles. The summed E-state index contributed by atoms with van der Waals surface area (Å²) < 4.78 is 10.3. The molecule has 0 spiro atoms. The molecular weight excluding hydrogens is 256 g/mol. The molecule has 1 rings (SSSR count). The van der Waals surface area contributed by atoms with Crippen LogP contribution in [-0.2, 0) is 6.42 Å². The minimum atomic E-state index is -0.755.